The topological polar surface area (TPSA) is 83.0 Å². The van der Waals surface area contributed by atoms with Crippen molar-refractivity contribution in [2.24, 2.45) is 0 Å². The summed E-state index contributed by atoms with van der Waals surface area (Å²) in [5.41, 5.74) is 0. The molecule has 0 aromatic carbocycles. The molecule has 5 nitrogen and oxygen atoms in total. The minimum Gasteiger partial charge on any atom is -0.476 e. The highest BCUT2D eigenvalue weighted by Crippen LogP contribution is 2.22. The average molecular weight is 210 g/mol. The normalized spacial score (nSPS) is 14.0. The zero-order chi connectivity index (χ0) is 10.1. The number of alkyl halides is 2. The predicted molar refractivity (Wildman–Crippen MR) is 37.6 cm³/mol. The first kappa shape index (κ1) is 9.78. The molecule has 1 heterocycles. The zero-order valence-corrected chi connectivity index (χ0v) is 6.85. The van der Waals surface area contributed by atoms with Crippen molar-refractivity contribution in [3.05, 3.63) is 12.4 Å². The third-order valence-electron chi connectivity index (χ3n) is 1.13. The molecule has 0 fully saturated rings. The van der Waals surface area contributed by atoms with Crippen LogP contribution < -0.4 is 0 Å². The molecule has 72 valence electrons. The summed E-state index contributed by atoms with van der Waals surface area (Å²) in [6.45, 7) is 0. The Morgan fingerprint density at radius 3 is 2.69 bits per heavy atom. The molecular weight excluding hydrogens is 206 g/mol. The van der Waals surface area contributed by atoms with Crippen molar-refractivity contribution in [1.29, 1.82) is 0 Å². The Bertz CT molecular complexity index is 338. The Kier molecular flexibility index (Phi) is 2.41. The van der Waals surface area contributed by atoms with Gasteiger partial charge in [-0.3, -0.25) is 0 Å². The van der Waals surface area contributed by atoms with Crippen LogP contribution in [0.15, 0.2) is 17.6 Å². The molecule has 8 heteroatoms. The number of rotatable bonds is 3. The number of carboxylic acid groups (broad SMARTS) is 1. The molecule has 13 heavy (non-hydrogen) atoms. The van der Waals surface area contributed by atoms with Crippen molar-refractivity contribution < 1.29 is 22.9 Å². The second kappa shape index (κ2) is 3.21. The number of aliphatic carboxylic acids is 1. The highest BCUT2D eigenvalue weighted by atomic mass is 32.2. The van der Waals surface area contributed by atoms with Gasteiger partial charge in [-0.2, -0.15) is 8.78 Å². The SMILES string of the molecule is O=C(O)C(F)(F)[S@](=O)c1ncc[nH]1. The molecule has 0 amide bonds. The van der Waals surface area contributed by atoms with E-state index in [0.29, 0.717) is 0 Å². The van der Waals surface area contributed by atoms with Gasteiger partial charge in [0, 0.05) is 12.4 Å². The van der Waals surface area contributed by atoms with E-state index in [9.17, 15) is 17.8 Å². The van der Waals surface area contributed by atoms with E-state index < -0.39 is 27.2 Å². The van der Waals surface area contributed by atoms with E-state index in [1.807, 2.05) is 0 Å². The van der Waals surface area contributed by atoms with Crippen LogP contribution in [-0.2, 0) is 15.6 Å². The number of aromatic amines is 1. The number of carbonyl (C=O) groups is 1. The van der Waals surface area contributed by atoms with Crippen molar-refractivity contribution in [3.8, 4) is 0 Å². The van der Waals surface area contributed by atoms with Crippen LogP contribution in [0, 0.1) is 0 Å². The highest BCUT2D eigenvalue weighted by Gasteiger charge is 2.48. The molecule has 0 aliphatic rings. The van der Waals surface area contributed by atoms with Crippen LogP contribution in [0.2, 0.25) is 0 Å². The van der Waals surface area contributed by atoms with Crippen molar-refractivity contribution in [2.45, 2.75) is 10.4 Å². The van der Waals surface area contributed by atoms with E-state index in [1.54, 1.807) is 0 Å². The van der Waals surface area contributed by atoms with Gasteiger partial charge in [0.25, 0.3) is 0 Å². The van der Waals surface area contributed by atoms with Gasteiger partial charge in [-0.1, -0.05) is 0 Å². The minimum absolute atomic E-state index is 0.563. The zero-order valence-electron chi connectivity index (χ0n) is 6.03. The van der Waals surface area contributed by atoms with E-state index in [4.69, 9.17) is 5.11 Å². The quantitative estimate of drug-likeness (QED) is 0.746. The van der Waals surface area contributed by atoms with Crippen LogP contribution >= 0.6 is 0 Å². The lowest BCUT2D eigenvalue weighted by Gasteiger charge is -2.07. The molecule has 0 aliphatic heterocycles. The van der Waals surface area contributed by atoms with Crippen molar-refractivity contribution in [1.82, 2.24) is 9.97 Å². The Hall–Kier alpha value is -1.31. The van der Waals surface area contributed by atoms with Gasteiger partial charge in [0.1, 0.15) is 0 Å². The van der Waals surface area contributed by atoms with Gasteiger partial charge in [0.2, 0.25) is 5.16 Å². The van der Waals surface area contributed by atoms with Gasteiger partial charge < -0.3 is 10.1 Å². The van der Waals surface area contributed by atoms with Crippen LogP contribution in [0.5, 0.6) is 0 Å². The van der Waals surface area contributed by atoms with Gasteiger partial charge in [0.05, 0.1) is 0 Å². The van der Waals surface area contributed by atoms with E-state index >= 15 is 0 Å². The Morgan fingerprint density at radius 1 is 1.69 bits per heavy atom. The van der Waals surface area contributed by atoms with Crippen LogP contribution in [0.4, 0.5) is 8.78 Å². The minimum atomic E-state index is -4.32. The lowest BCUT2D eigenvalue weighted by Crippen LogP contribution is -2.33. The third-order valence-corrected chi connectivity index (χ3v) is 2.35. The van der Waals surface area contributed by atoms with Crippen LogP contribution in [0.1, 0.15) is 0 Å². The first-order valence-electron chi connectivity index (χ1n) is 2.98. The Morgan fingerprint density at radius 2 is 2.31 bits per heavy atom. The fraction of sp³-hybridized carbons (Fsp3) is 0.200. The summed E-state index contributed by atoms with van der Waals surface area (Å²) >= 11 is 0. The number of halogens is 2. The molecule has 1 atom stereocenters. The van der Waals surface area contributed by atoms with E-state index in [1.165, 1.54) is 6.20 Å². The molecule has 1 rings (SSSR count). The van der Waals surface area contributed by atoms with E-state index in [-0.39, 0.29) is 0 Å². The summed E-state index contributed by atoms with van der Waals surface area (Å²) in [4.78, 5) is 15.4. The maximum atomic E-state index is 12.5. The number of carboxylic acids is 1. The molecule has 0 bridgehead atoms. The molecule has 0 unspecified atom stereocenters. The summed E-state index contributed by atoms with van der Waals surface area (Å²) in [6, 6.07) is 0. The van der Waals surface area contributed by atoms with E-state index in [0.717, 1.165) is 6.20 Å². The van der Waals surface area contributed by atoms with Gasteiger partial charge in [0.15, 0.2) is 10.8 Å². The Labute approximate surface area is 73.3 Å². The molecule has 1 aromatic heterocycles. The number of imidazole rings is 1. The number of nitrogens with one attached hydrogen (secondary N) is 1. The number of H-pyrrole nitrogens is 1. The number of hydrogen-bond acceptors (Lipinski definition) is 3. The van der Waals surface area contributed by atoms with Crippen LogP contribution in [0.3, 0.4) is 0 Å². The van der Waals surface area contributed by atoms with Crippen LogP contribution in [0.25, 0.3) is 0 Å². The highest BCUT2D eigenvalue weighted by molar-refractivity contribution is 7.86. The fourth-order valence-corrected chi connectivity index (χ4v) is 1.29. The average Bonchev–Trinajstić information content (AvgIpc) is 2.54. The van der Waals surface area contributed by atoms with Crippen molar-refractivity contribution in [3.63, 3.8) is 0 Å². The molecule has 0 spiro atoms. The second-order valence-corrected chi connectivity index (χ2v) is 3.42. The molecule has 2 N–H and O–H groups in total. The summed E-state index contributed by atoms with van der Waals surface area (Å²) < 4.78 is 35.9. The first-order valence-corrected chi connectivity index (χ1v) is 4.13. The van der Waals surface area contributed by atoms with Gasteiger partial charge in [-0.25, -0.2) is 14.0 Å². The van der Waals surface area contributed by atoms with E-state index in [2.05, 4.69) is 9.97 Å². The van der Waals surface area contributed by atoms with Gasteiger partial charge in [-0.15, -0.1) is 0 Å². The smallest absolute Gasteiger partial charge is 0.422 e. The standard InChI is InChI=1S/C5H4F2N2O3S/c6-5(7,3(10)11)13(12)4-8-1-2-9-4/h1-2H,(H,8,9)(H,10,11)/t13-/m1/s1. The summed E-state index contributed by atoms with van der Waals surface area (Å²) in [6.07, 6.45) is 2.27. The van der Waals surface area contributed by atoms with Crippen LogP contribution in [-0.4, -0.2) is 30.5 Å². The maximum Gasteiger partial charge on any atom is 0.422 e. The van der Waals surface area contributed by atoms with Crippen molar-refractivity contribution in [2.75, 3.05) is 0 Å². The van der Waals surface area contributed by atoms with Gasteiger partial charge >= 0.3 is 11.2 Å². The number of hydrogen-bond donors (Lipinski definition) is 2. The summed E-state index contributed by atoms with van der Waals surface area (Å²) in [5, 5.41) is 3.14. The largest absolute Gasteiger partial charge is 0.476 e. The number of nitrogens with zero attached hydrogens (tertiary/aromatic N) is 1. The maximum absolute atomic E-state index is 12.5. The molecular formula is C5H4F2N2O3S. The molecule has 0 radical (unpaired) electrons. The second-order valence-electron chi connectivity index (χ2n) is 1.98. The lowest BCUT2D eigenvalue weighted by molar-refractivity contribution is -0.153. The first-order chi connectivity index (χ1) is 5.96. The Balaban J connectivity index is 2.98. The summed E-state index contributed by atoms with van der Waals surface area (Å²) in [5.74, 6) is -2.44. The third kappa shape index (κ3) is 1.72. The fourth-order valence-electron chi connectivity index (χ4n) is 0.553. The number of aromatic nitrogens is 2. The monoisotopic (exact) mass is 210 g/mol. The molecule has 1 aromatic rings. The van der Waals surface area contributed by atoms with Crippen molar-refractivity contribution >= 4 is 16.8 Å². The molecule has 0 saturated heterocycles. The molecule has 0 saturated carbocycles. The van der Waals surface area contributed by atoms with Gasteiger partial charge in [-0.05, 0) is 0 Å². The molecule has 0 aliphatic carbocycles. The lowest BCUT2D eigenvalue weighted by atomic mass is 10.7. The predicted octanol–water partition coefficient (Wildman–Crippen LogP) is 0.195. The summed E-state index contributed by atoms with van der Waals surface area (Å²) in [7, 11) is -2.99.